The maximum absolute atomic E-state index is 13.5. The second-order valence-corrected chi connectivity index (χ2v) is 12.0. The summed E-state index contributed by atoms with van der Waals surface area (Å²) in [7, 11) is -3.53. The fourth-order valence-corrected chi connectivity index (χ4v) is 7.23. The molecule has 2 amide bonds. The first-order valence-electron chi connectivity index (χ1n) is 13.6. The first kappa shape index (κ1) is 26.5. The lowest BCUT2D eigenvalue weighted by Gasteiger charge is -2.39. The van der Waals surface area contributed by atoms with Crippen LogP contribution in [-0.2, 0) is 14.8 Å². The Hall–Kier alpha value is -3.11. The van der Waals surface area contributed by atoms with Crippen molar-refractivity contribution in [3.05, 3.63) is 59.7 Å². The van der Waals surface area contributed by atoms with Gasteiger partial charge in [-0.25, -0.2) is 13.2 Å². The van der Waals surface area contributed by atoms with Crippen molar-refractivity contribution in [3.63, 3.8) is 0 Å². The number of carbonyl (C=O) groups excluding carboxylic acids is 2. The van der Waals surface area contributed by atoms with Crippen molar-refractivity contribution in [1.82, 2.24) is 14.1 Å². The highest BCUT2D eigenvalue weighted by Gasteiger charge is 2.42. The van der Waals surface area contributed by atoms with Gasteiger partial charge >= 0.3 is 6.09 Å². The minimum absolute atomic E-state index is 0.0342. The Balaban J connectivity index is 1.34. The molecule has 3 aliphatic rings. The number of piperidine rings is 1. The molecule has 0 saturated carbocycles. The van der Waals surface area contributed by atoms with E-state index in [0.717, 1.165) is 36.9 Å². The SMILES string of the molecule is CCOC(=O)N1CCC(N2C(=O)c3ccccc3[C@H]2Nc2ccc(S(=O)(=O)N3CCCCCC3)cc2)CC1. The molecule has 0 aromatic heterocycles. The van der Waals surface area contributed by atoms with E-state index in [9.17, 15) is 18.0 Å². The van der Waals surface area contributed by atoms with Crippen LogP contribution in [0.15, 0.2) is 53.4 Å². The largest absolute Gasteiger partial charge is 0.450 e. The number of benzene rings is 2. The third kappa shape index (κ3) is 5.24. The molecule has 0 spiro atoms. The Kier molecular flexibility index (Phi) is 7.90. The summed E-state index contributed by atoms with van der Waals surface area (Å²) < 4.78 is 33.1. The maximum Gasteiger partial charge on any atom is 0.409 e. The van der Waals surface area contributed by atoms with E-state index < -0.39 is 10.0 Å². The van der Waals surface area contributed by atoms with E-state index in [1.807, 2.05) is 29.2 Å². The van der Waals surface area contributed by atoms with Gasteiger partial charge < -0.3 is 19.9 Å². The molecule has 3 aliphatic heterocycles. The Morgan fingerprint density at radius 2 is 1.61 bits per heavy atom. The summed E-state index contributed by atoms with van der Waals surface area (Å²) in [6.45, 7) is 4.31. The summed E-state index contributed by atoms with van der Waals surface area (Å²) in [5.74, 6) is -0.0342. The average molecular weight is 541 g/mol. The van der Waals surface area contributed by atoms with Gasteiger partial charge in [-0.3, -0.25) is 4.79 Å². The van der Waals surface area contributed by atoms with Crippen molar-refractivity contribution in [2.75, 3.05) is 38.1 Å². The van der Waals surface area contributed by atoms with Crippen LogP contribution in [0.3, 0.4) is 0 Å². The van der Waals surface area contributed by atoms with Crippen LogP contribution in [0.25, 0.3) is 0 Å². The summed E-state index contributed by atoms with van der Waals surface area (Å²) in [5.41, 5.74) is 2.30. The molecule has 2 saturated heterocycles. The lowest BCUT2D eigenvalue weighted by atomic mass is 10.0. The quantitative estimate of drug-likeness (QED) is 0.582. The van der Waals surface area contributed by atoms with E-state index in [2.05, 4.69) is 5.32 Å². The third-order valence-corrected chi connectivity index (χ3v) is 9.66. The van der Waals surface area contributed by atoms with Gasteiger partial charge in [-0.15, -0.1) is 0 Å². The van der Waals surface area contributed by atoms with Crippen LogP contribution < -0.4 is 5.32 Å². The van der Waals surface area contributed by atoms with Gasteiger partial charge in [0.15, 0.2) is 0 Å². The van der Waals surface area contributed by atoms with E-state index in [0.29, 0.717) is 51.2 Å². The number of fused-ring (bicyclic) bond motifs is 1. The molecule has 2 aromatic rings. The number of nitrogens with zero attached hydrogens (tertiary/aromatic N) is 3. The molecule has 38 heavy (non-hydrogen) atoms. The van der Waals surface area contributed by atoms with Crippen LogP contribution in [0.4, 0.5) is 10.5 Å². The molecule has 5 rings (SSSR count). The molecule has 0 radical (unpaired) electrons. The molecule has 0 unspecified atom stereocenters. The maximum atomic E-state index is 13.5. The highest BCUT2D eigenvalue weighted by atomic mass is 32.2. The van der Waals surface area contributed by atoms with E-state index >= 15 is 0 Å². The van der Waals surface area contributed by atoms with Crippen molar-refractivity contribution in [3.8, 4) is 0 Å². The minimum Gasteiger partial charge on any atom is -0.450 e. The van der Waals surface area contributed by atoms with E-state index in [1.165, 1.54) is 0 Å². The summed E-state index contributed by atoms with van der Waals surface area (Å²) >= 11 is 0. The molecule has 204 valence electrons. The molecular formula is C28H36N4O5S. The zero-order chi connectivity index (χ0) is 26.7. The van der Waals surface area contributed by atoms with Crippen LogP contribution in [0.1, 0.15) is 67.5 Å². The number of carbonyl (C=O) groups is 2. The van der Waals surface area contributed by atoms with Gasteiger partial charge in [0.05, 0.1) is 11.5 Å². The minimum atomic E-state index is -3.53. The van der Waals surface area contributed by atoms with Crippen molar-refractivity contribution in [2.24, 2.45) is 0 Å². The topological polar surface area (TPSA) is 99.3 Å². The van der Waals surface area contributed by atoms with Crippen molar-refractivity contribution >= 4 is 27.7 Å². The van der Waals surface area contributed by atoms with E-state index in [4.69, 9.17) is 4.74 Å². The zero-order valence-electron chi connectivity index (χ0n) is 21.8. The Morgan fingerprint density at radius 1 is 0.947 bits per heavy atom. The number of amides is 2. The Bertz CT molecular complexity index is 1250. The smallest absolute Gasteiger partial charge is 0.409 e. The van der Waals surface area contributed by atoms with Gasteiger partial charge in [0.2, 0.25) is 10.0 Å². The number of ether oxygens (including phenoxy) is 1. The molecule has 10 heteroatoms. The van der Waals surface area contributed by atoms with Crippen molar-refractivity contribution in [1.29, 1.82) is 0 Å². The molecule has 2 fully saturated rings. The summed E-state index contributed by atoms with van der Waals surface area (Å²) in [6, 6.07) is 14.4. The van der Waals surface area contributed by atoms with Crippen LogP contribution in [0.2, 0.25) is 0 Å². The summed E-state index contributed by atoms with van der Waals surface area (Å²) in [4.78, 5) is 29.5. The predicted molar refractivity (Wildman–Crippen MR) is 144 cm³/mol. The molecule has 2 aromatic carbocycles. The number of hydrogen-bond donors (Lipinski definition) is 1. The summed E-state index contributed by atoms with van der Waals surface area (Å²) in [5, 5.41) is 3.49. The second kappa shape index (κ2) is 11.3. The molecule has 9 nitrogen and oxygen atoms in total. The zero-order valence-corrected chi connectivity index (χ0v) is 22.7. The van der Waals surface area contributed by atoms with E-state index in [-0.39, 0.29) is 29.1 Å². The van der Waals surface area contributed by atoms with Crippen LogP contribution in [0.5, 0.6) is 0 Å². The van der Waals surface area contributed by atoms with Gasteiger partial charge in [0, 0.05) is 49.0 Å². The first-order valence-corrected chi connectivity index (χ1v) is 15.0. The number of anilines is 1. The van der Waals surface area contributed by atoms with Crippen LogP contribution in [-0.4, -0.2) is 73.4 Å². The fourth-order valence-electron chi connectivity index (χ4n) is 5.71. The fraction of sp³-hybridized carbons (Fsp3) is 0.500. The van der Waals surface area contributed by atoms with Gasteiger partial charge in [-0.2, -0.15) is 4.31 Å². The van der Waals surface area contributed by atoms with Crippen molar-refractivity contribution < 1.29 is 22.7 Å². The standard InChI is InChI=1S/C28H36N4O5S/c1-2-37-28(34)30-19-15-22(16-20-30)32-26(24-9-5-6-10-25(24)27(32)33)29-21-11-13-23(14-12-21)38(35,36)31-17-7-3-4-8-18-31/h5-6,9-14,22,26,29H,2-4,7-8,15-20H2,1H3/t26-/m0/s1. The number of rotatable bonds is 6. The number of hydrogen-bond acceptors (Lipinski definition) is 6. The predicted octanol–water partition coefficient (Wildman–Crippen LogP) is 4.44. The second-order valence-electron chi connectivity index (χ2n) is 10.1. The molecule has 1 atom stereocenters. The van der Waals surface area contributed by atoms with Gasteiger partial charge in [-0.1, -0.05) is 31.0 Å². The monoisotopic (exact) mass is 540 g/mol. The summed E-state index contributed by atoms with van der Waals surface area (Å²) in [6.07, 6.45) is 4.53. The van der Waals surface area contributed by atoms with Crippen LogP contribution >= 0.6 is 0 Å². The average Bonchev–Trinajstić information content (AvgIpc) is 3.09. The third-order valence-electron chi connectivity index (χ3n) is 7.74. The lowest BCUT2D eigenvalue weighted by Crippen LogP contribution is -2.49. The highest BCUT2D eigenvalue weighted by Crippen LogP contribution is 2.38. The molecule has 0 aliphatic carbocycles. The lowest BCUT2D eigenvalue weighted by molar-refractivity contribution is 0.0496. The first-order chi connectivity index (χ1) is 18.4. The Labute approximate surface area is 224 Å². The normalized spacial score (nSPS) is 21.2. The Morgan fingerprint density at radius 3 is 2.26 bits per heavy atom. The van der Waals surface area contributed by atoms with E-state index in [1.54, 1.807) is 40.4 Å². The van der Waals surface area contributed by atoms with Gasteiger partial charge in [0.1, 0.15) is 6.17 Å². The number of sulfonamides is 1. The molecule has 0 bridgehead atoms. The number of nitrogens with one attached hydrogen (secondary N) is 1. The molecule has 3 heterocycles. The number of likely N-dealkylation sites (tertiary alicyclic amines) is 1. The van der Waals surface area contributed by atoms with Crippen molar-refractivity contribution in [2.45, 2.75) is 62.6 Å². The molecule has 1 N–H and O–H groups in total. The van der Waals surface area contributed by atoms with Crippen LogP contribution in [0, 0.1) is 0 Å². The van der Waals surface area contributed by atoms with Gasteiger partial charge in [-0.05, 0) is 62.9 Å². The van der Waals surface area contributed by atoms with Gasteiger partial charge in [0.25, 0.3) is 5.91 Å². The molecular weight excluding hydrogens is 504 g/mol. The highest BCUT2D eigenvalue weighted by molar-refractivity contribution is 7.89.